The van der Waals surface area contributed by atoms with Crippen LogP contribution in [0.1, 0.15) is 16.2 Å². The van der Waals surface area contributed by atoms with E-state index in [0.29, 0.717) is 0 Å². The fourth-order valence-corrected chi connectivity index (χ4v) is 4.24. The molecule has 0 bridgehead atoms. The number of rotatable bonds is 5. The minimum absolute atomic E-state index is 0.0560. The highest BCUT2D eigenvalue weighted by atomic mass is 35.5. The predicted octanol–water partition coefficient (Wildman–Crippen LogP) is 4.04. The maximum atomic E-state index is 13.8. The number of benzene rings is 2. The van der Waals surface area contributed by atoms with E-state index in [1.54, 1.807) is 4.72 Å². The third-order valence-corrected chi connectivity index (χ3v) is 5.84. The summed E-state index contributed by atoms with van der Waals surface area (Å²) >= 11 is 12.0. The van der Waals surface area contributed by atoms with Crippen LogP contribution in [0.15, 0.2) is 41.3 Å². The molecule has 0 saturated carbocycles. The monoisotopic (exact) mass is 512 g/mol. The van der Waals surface area contributed by atoms with Crippen molar-refractivity contribution in [2.24, 2.45) is 0 Å². The van der Waals surface area contributed by atoms with Crippen LogP contribution in [-0.2, 0) is 10.0 Å². The van der Waals surface area contributed by atoms with Crippen LogP contribution in [0.5, 0.6) is 5.75 Å². The molecule has 2 aromatic carbocycles. The molecule has 8 nitrogen and oxygen atoms in total. The van der Waals surface area contributed by atoms with Gasteiger partial charge in [0.05, 0.1) is 15.7 Å². The molecule has 3 aromatic rings. The van der Waals surface area contributed by atoms with Gasteiger partial charge >= 0.3 is 6.36 Å². The van der Waals surface area contributed by atoms with Crippen molar-refractivity contribution in [2.75, 3.05) is 0 Å². The van der Waals surface area contributed by atoms with E-state index < -0.39 is 44.4 Å². The molecule has 1 aromatic heterocycles. The van der Waals surface area contributed by atoms with Crippen molar-refractivity contribution >= 4 is 39.1 Å². The largest absolute Gasteiger partial charge is 0.573 e. The zero-order valence-corrected chi connectivity index (χ0v) is 17.9. The van der Waals surface area contributed by atoms with Crippen LogP contribution in [0.2, 0.25) is 10.0 Å². The lowest BCUT2D eigenvalue weighted by molar-refractivity contribution is -0.274. The molecule has 0 spiro atoms. The predicted molar refractivity (Wildman–Crippen MR) is 104 cm³/mol. The van der Waals surface area contributed by atoms with Crippen molar-refractivity contribution in [1.29, 1.82) is 0 Å². The van der Waals surface area contributed by atoms with Crippen LogP contribution >= 0.6 is 23.2 Å². The zero-order valence-electron chi connectivity index (χ0n) is 15.6. The topological polar surface area (TPSA) is 103 Å². The third kappa shape index (κ3) is 4.95. The van der Waals surface area contributed by atoms with Gasteiger partial charge in [0.2, 0.25) is 0 Å². The maximum absolute atomic E-state index is 13.8. The number of aromatic nitrogens is 3. The van der Waals surface area contributed by atoms with Crippen molar-refractivity contribution in [2.45, 2.75) is 18.2 Å². The molecule has 0 atom stereocenters. The molecule has 15 heteroatoms. The number of nitrogens with one attached hydrogen (secondary N) is 1. The molecule has 0 saturated heterocycles. The molecule has 170 valence electrons. The summed E-state index contributed by atoms with van der Waals surface area (Å²) in [5.41, 5.74) is -0.670. The Morgan fingerprint density at radius 2 is 1.75 bits per heavy atom. The number of amides is 1. The van der Waals surface area contributed by atoms with Gasteiger partial charge in [-0.3, -0.25) is 4.79 Å². The first kappa shape index (κ1) is 23.8. The highest BCUT2D eigenvalue weighted by Gasteiger charge is 2.32. The quantitative estimate of drug-likeness (QED) is 0.517. The van der Waals surface area contributed by atoms with Gasteiger partial charge in [0.25, 0.3) is 15.9 Å². The van der Waals surface area contributed by atoms with Crippen molar-refractivity contribution in [1.82, 2.24) is 19.7 Å². The van der Waals surface area contributed by atoms with Gasteiger partial charge in [0.15, 0.2) is 5.69 Å². The van der Waals surface area contributed by atoms with Gasteiger partial charge in [0.1, 0.15) is 22.1 Å². The Labute approximate surface area is 187 Å². The first-order valence-corrected chi connectivity index (χ1v) is 10.5. The third-order valence-electron chi connectivity index (χ3n) is 3.90. The summed E-state index contributed by atoms with van der Waals surface area (Å²) < 4.78 is 82.0. The molecule has 1 amide bonds. The lowest BCUT2D eigenvalue weighted by Crippen LogP contribution is -2.32. The Morgan fingerprint density at radius 3 is 2.31 bits per heavy atom. The molecular formula is C17H10Cl2F4N4O4S. The number of halogens is 6. The molecule has 3 rings (SSSR count). The summed E-state index contributed by atoms with van der Waals surface area (Å²) in [5.74, 6) is -3.00. The summed E-state index contributed by atoms with van der Waals surface area (Å²) in [6.45, 7) is 1.30. The van der Waals surface area contributed by atoms with Gasteiger partial charge in [-0.2, -0.15) is 0 Å². The number of hydrogen-bond acceptors (Lipinski definition) is 6. The van der Waals surface area contributed by atoms with Crippen LogP contribution in [0.3, 0.4) is 0 Å². The fourth-order valence-electron chi connectivity index (χ4n) is 2.58. The van der Waals surface area contributed by atoms with Gasteiger partial charge in [-0.1, -0.05) is 40.5 Å². The van der Waals surface area contributed by atoms with E-state index in [2.05, 4.69) is 15.0 Å². The van der Waals surface area contributed by atoms with E-state index in [1.165, 1.54) is 19.1 Å². The minimum atomic E-state index is -4.98. The molecule has 1 heterocycles. The van der Waals surface area contributed by atoms with Crippen molar-refractivity contribution in [3.05, 3.63) is 63.6 Å². The average molecular weight is 513 g/mol. The second-order valence-electron chi connectivity index (χ2n) is 6.08. The Hall–Kier alpha value is -2.90. The van der Waals surface area contributed by atoms with Crippen LogP contribution in [0.4, 0.5) is 17.6 Å². The molecule has 0 aliphatic rings. The van der Waals surface area contributed by atoms with E-state index in [-0.39, 0.29) is 21.4 Å². The first-order chi connectivity index (χ1) is 14.8. The standard InChI is InChI=1S/C17H10Cl2F4N4O4S/c1-8-14(16(28)25-32(29,30)13-5-3-2-4-12(13)20)24-26-27(8)15-10(18)6-9(7-11(15)19)31-17(21,22)23/h2-7H,1H3,(H,25,28). The normalized spacial score (nSPS) is 12.0. The lowest BCUT2D eigenvalue weighted by Gasteiger charge is -2.13. The zero-order chi connectivity index (χ0) is 23.8. The SMILES string of the molecule is Cc1c(C(=O)NS(=O)(=O)c2ccccc2F)nnn1-c1c(Cl)cc(OC(F)(F)F)cc1Cl. The lowest BCUT2D eigenvalue weighted by atomic mass is 10.2. The second-order valence-corrected chi connectivity index (χ2v) is 8.55. The fraction of sp³-hybridized carbons (Fsp3) is 0.118. The Bertz CT molecular complexity index is 1290. The molecule has 0 aliphatic heterocycles. The number of carbonyl (C=O) groups excluding carboxylic acids is 1. The number of nitrogens with zero attached hydrogens (tertiary/aromatic N) is 3. The molecular weight excluding hydrogens is 503 g/mol. The molecule has 1 N–H and O–H groups in total. The van der Waals surface area contributed by atoms with Gasteiger partial charge in [0, 0.05) is 12.1 Å². The number of hydrogen-bond donors (Lipinski definition) is 1. The molecule has 0 fully saturated rings. The van der Waals surface area contributed by atoms with Crippen molar-refractivity contribution in [3.8, 4) is 11.4 Å². The summed E-state index contributed by atoms with van der Waals surface area (Å²) in [5, 5.41) is 6.58. The van der Waals surface area contributed by atoms with Crippen LogP contribution < -0.4 is 9.46 Å². The Balaban J connectivity index is 1.93. The molecule has 0 unspecified atom stereocenters. The summed E-state index contributed by atoms with van der Waals surface area (Å²) in [4.78, 5) is 11.7. The summed E-state index contributed by atoms with van der Waals surface area (Å²) in [6.07, 6.45) is -4.98. The van der Waals surface area contributed by atoms with Crippen molar-refractivity contribution in [3.63, 3.8) is 0 Å². The van der Waals surface area contributed by atoms with E-state index >= 15 is 0 Å². The van der Waals surface area contributed by atoms with Gasteiger partial charge in [-0.25, -0.2) is 22.2 Å². The number of ether oxygens (including phenoxy) is 1. The highest BCUT2D eigenvalue weighted by Crippen LogP contribution is 2.35. The van der Waals surface area contributed by atoms with Crippen LogP contribution in [0, 0.1) is 12.7 Å². The van der Waals surface area contributed by atoms with Crippen molar-refractivity contribution < 1.29 is 35.5 Å². The Kier molecular flexibility index (Phi) is 6.36. The Morgan fingerprint density at radius 1 is 1.16 bits per heavy atom. The maximum Gasteiger partial charge on any atom is 0.573 e. The molecule has 0 aliphatic carbocycles. The summed E-state index contributed by atoms with van der Waals surface area (Å²) in [6, 6.07) is 6.03. The minimum Gasteiger partial charge on any atom is -0.406 e. The number of carbonyl (C=O) groups is 1. The number of alkyl halides is 3. The van der Waals surface area contributed by atoms with Crippen LogP contribution in [-0.4, -0.2) is 35.7 Å². The van der Waals surface area contributed by atoms with Gasteiger partial charge < -0.3 is 4.74 Å². The number of sulfonamides is 1. The summed E-state index contributed by atoms with van der Waals surface area (Å²) in [7, 11) is -4.58. The second kappa shape index (κ2) is 8.56. The smallest absolute Gasteiger partial charge is 0.406 e. The van der Waals surface area contributed by atoms with Gasteiger partial charge in [-0.15, -0.1) is 18.3 Å². The van der Waals surface area contributed by atoms with Gasteiger partial charge in [-0.05, 0) is 19.1 Å². The van der Waals surface area contributed by atoms with Crippen LogP contribution in [0.25, 0.3) is 5.69 Å². The average Bonchev–Trinajstić information content (AvgIpc) is 3.01. The van der Waals surface area contributed by atoms with E-state index in [9.17, 15) is 30.8 Å². The first-order valence-electron chi connectivity index (χ1n) is 8.29. The molecule has 0 radical (unpaired) electrons. The molecule has 32 heavy (non-hydrogen) atoms. The van der Waals surface area contributed by atoms with E-state index in [1.807, 2.05) is 0 Å². The highest BCUT2D eigenvalue weighted by molar-refractivity contribution is 7.90. The van der Waals surface area contributed by atoms with E-state index in [4.69, 9.17) is 23.2 Å². The van der Waals surface area contributed by atoms with E-state index in [0.717, 1.165) is 28.9 Å².